The van der Waals surface area contributed by atoms with Gasteiger partial charge in [-0.05, 0) is 13.8 Å². The number of nitrogens with zero attached hydrogens (tertiary/aromatic N) is 1. The molecular weight excluding hydrogens is 142 g/mol. The molecule has 65 valence electrons. The monoisotopic (exact) mass is 158 g/mol. The zero-order chi connectivity index (χ0) is 8.32. The topological polar surface area (TPSA) is 32.4 Å². The van der Waals surface area contributed by atoms with Gasteiger partial charge in [-0.2, -0.15) is 0 Å². The van der Waals surface area contributed by atoms with Gasteiger partial charge in [0.25, 0.3) is 0 Å². The van der Waals surface area contributed by atoms with Gasteiger partial charge in [-0.15, -0.1) is 0 Å². The van der Waals surface area contributed by atoms with E-state index in [4.69, 9.17) is 4.74 Å². The molecule has 0 spiro atoms. The summed E-state index contributed by atoms with van der Waals surface area (Å²) < 4.78 is 5.32. The number of rotatable bonds is 2. The Labute approximate surface area is 68.0 Å². The van der Waals surface area contributed by atoms with Crippen molar-refractivity contribution in [3.8, 4) is 0 Å². The lowest BCUT2D eigenvalue weighted by molar-refractivity contribution is -0.0594. The van der Waals surface area contributed by atoms with Gasteiger partial charge in [0.15, 0.2) is 0 Å². The van der Waals surface area contributed by atoms with E-state index in [1.165, 1.54) is 0 Å². The van der Waals surface area contributed by atoms with Crippen LogP contribution in [-0.2, 0) is 9.84 Å². The van der Waals surface area contributed by atoms with Crippen LogP contribution >= 0.6 is 0 Å². The molecule has 0 saturated carbocycles. The summed E-state index contributed by atoms with van der Waals surface area (Å²) in [7, 11) is 0. The summed E-state index contributed by atoms with van der Waals surface area (Å²) in [5, 5.41) is 10.4. The zero-order valence-corrected chi connectivity index (χ0v) is 7.30. The largest absolute Gasteiger partial charge is 0.378 e. The molecule has 0 bridgehead atoms. The Balaban J connectivity index is 2.45. The van der Waals surface area contributed by atoms with Crippen molar-refractivity contribution in [3.05, 3.63) is 0 Å². The Morgan fingerprint density at radius 2 is 2.27 bits per heavy atom. The van der Waals surface area contributed by atoms with E-state index < -0.39 is 0 Å². The third-order valence-corrected chi connectivity index (χ3v) is 2.18. The van der Waals surface area contributed by atoms with E-state index in [-0.39, 0.29) is 12.1 Å². The molecule has 1 rings (SSSR count). The van der Waals surface area contributed by atoms with Crippen LogP contribution in [0.4, 0.5) is 0 Å². The highest BCUT2D eigenvalue weighted by molar-refractivity contribution is 4.83. The van der Waals surface area contributed by atoms with E-state index in [9.17, 15) is 5.11 Å². The Hall–Kier alpha value is -0.120. The van der Waals surface area contributed by atoms with Crippen LogP contribution in [0.25, 0.3) is 0 Å². The summed E-state index contributed by atoms with van der Waals surface area (Å²) >= 11 is 0. The van der Waals surface area contributed by atoms with Crippen molar-refractivity contribution in [3.63, 3.8) is 0 Å². The minimum absolute atomic E-state index is 0.0105. The average Bonchev–Trinajstić information content (AvgIpc) is 1.94. The van der Waals surface area contributed by atoms with Crippen LogP contribution in [0, 0.1) is 0 Å². The Morgan fingerprint density at radius 1 is 1.55 bits per heavy atom. The predicted molar refractivity (Wildman–Crippen MR) is 42.0 cm³/mol. The first-order valence-corrected chi connectivity index (χ1v) is 4.08. The first-order chi connectivity index (χ1) is 5.17. The maximum atomic E-state index is 10.4. The number of hydrogen-bond donors (Lipinski definition) is 0. The van der Waals surface area contributed by atoms with Crippen molar-refractivity contribution in [1.29, 1.82) is 0 Å². The fourth-order valence-electron chi connectivity index (χ4n) is 1.42. The van der Waals surface area contributed by atoms with Crippen LogP contribution in [0.3, 0.4) is 0 Å². The minimum Gasteiger partial charge on any atom is -0.378 e. The van der Waals surface area contributed by atoms with E-state index in [1.54, 1.807) is 0 Å². The molecule has 1 saturated heterocycles. The van der Waals surface area contributed by atoms with Crippen molar-refractivity contribution in [2.75, 3.05) is 32.9 Å². The molecule has 1 radical (unpaired) electrons. The van der Waals surface area contributed by atoms with Gasteiger partial charge < -0.3 is 4.74 Å². The molecule has 0 aliphatic carbocycles. The molecular formula is C8H16NO2. The maximum absolute atomic E-state index is 10.4. The lowest BCUT2D eigenvalue weighted by Crippen LogP contribution is -2.53. The molecule has 1 aliphatic rings. The normalized spacial score (nSPS) is 25.4. The van der Waals surface area contributed by atoms with Crippen LogP contribution in [-0.4, -0.2) is 43.3 Å². The predicted octanol–water partition coefficient (Wildman–Crippen LogP) is 0.528. The number of ether oxygens (including phenoxy) is 1. The lowest BCUT2D eigenvalue weighted by Gasteiger charge is -2.41. The van der Waals surface area contributed by atoms with E-state index in [2.05, 4.69) is 18.7 Å². The maximum Gasteiger partial charge on any atom is 0.0949 e. The molecule has 1 heterocycles. The lowest BCUT2D eigenvalue weighted by atomic mass is 10.0. The molecule has 1 aliphatic heterocycles. The van der Waals surface area contributed by atoms with Crippen molar-refractivity contribution in [1.82, 2.24) is 4.90 Å². The third kappa shape index (κ3) is 2.15. The average molecular weight is 158 g/mol. The summed E-state index contributed by atoms with van der Waals surface area (Å²) in [4.78, 5) is 2.20. The highest BCUT2D eigenvalue weighted by Crippen LogP contribution is 2.17. The van der Waals surface area contributed by atoms with Crippen molar-refractivity contribution in [2.24, 2.45) is 0 Å². The second kappa shape index (κ2) is 3.52. The second-order valence-corrected chi connectivity index (χ2v) is 3.56. The number of morpholine rings is 1. The SMILES string of the molecule is CC1(C)COCCN1CC[O]. The smallest absolute Gasteiger partial charge is 0.0949 e. The summed E-state index contributed by atoms with van der Waals surface area (Å²) in [5.41, 5.74) is 0.0582. The highest BCUT2D eigenvalue weighted by atomic mass is 16.5. The molecule has 0 amide bonds. The summed E-state index contributed by atoms with van der Waals surface area (Å²) in [6.45, 7) is 7.27. The van der Waals surface area contributed by atoms with Crippen LogP contribution in [0.15, 0.2) is 0 Å². The quantitative estimate of drug-likeness (QED) is 0.587. The molecule has 0 N–H and O–H groups in total. The minimum atomic E-state index is -0.0105. The van der Waals surface area contributed by atoms with Crippen LogP contribution in [0.2, 0.25) is 0 Å². The van der Waals surface area contributed by atoms with Gasteiger partial charge >= 0.3 is 0 Å². The van der Waals surface area contributed by atoms with Gasteiger partial charge in [0.1, 0.15) is 0 Å². The molecule has 0 unspecified atom stereocenters. The third-order valence-electron chi connectivity index (χ3n) is 2.18. The summed E-state index contributed by atoms with van der Waals surface area (Å²) in [6.07, 6.45) is 0. The van der Waals surface area contributed by atoms with E-state index >= 15 is 0 Å². The second-order valence-electron chi connectivity index (χ2n) is 3.56. The summed E-state index contributed by atoms with van der Waals surface area (Å²) in [6, 6.07) is 0. The van der Waals surface area contributed by atoms with Crippen molar-refractivity contribution < 1.29 is 9.84 Å². The highest BCUT2D eigenvalue weighted by Gasteiger charge is 2.29. The van der Waals surface area contributed by atoms with Gasteiger partial charge in [0.2, 0.25) is 0 Å². The molecule has 0 aromatic rings. The molecule has 3 nitrogen and oxygen atoms in total. The van der Waals surface area contributed by atoms with Gasteiger partial charge in [0, 0.05) is 18.6 Å². The van der Waals surface area contributed by atoms with E-state index in [0.717, 1.165) is 19.8 Å². The van der Waals surface area contributed by atoms with Crippen molar-refractivity contribution >= 4 is 0 Å². The Bertz CT molecular complexity index is 123. The molecule has 1 fully saturated rings. The molecule has 3 heteroatoms. The van der Waals surface area contributed by atoms with Gasteiger partial charge in [-0.3, -0.25) is 4.90 Å². The molecule has 0 atom stereocenters. The van der Waals surface area contributed by atoms with Gasteiger partial charge in [-0.1, -0.05) is 0 Å². The van der Waals surface area contributed by atoms with Gasteiger partial charge in [0.05, 0.1) is 19.8 Å². The van der Waals surface area contributed by atoms with E-state index in [0.29, 0.717) is 6.54 Å². The molecule has 0 aromatic heterocycles. The molecule has 11 heavy (non-hydrogen) atoms. The number of hydrogen-bond acceptors (Lipinski definition) is 2. The van der Waals surface area contributed by atoms with E-state index in [1.807, 2.05) is 0 Å². The summed E-state index contributed by atoms with van der Waals surface area (Å²) in [5.74, 6) is 0. The fraction of sp³-hybridized carbons (Fsp3) is 1.00. The Morgan fingerprint density at radius 3 is 2.82 bits per heavy atom. The standard InChI is InChI=1S/C8H16NO2/c1-8(2)7-11-6-4-9(8)3-5-10/h3-7H2,1-2H3. The van der Waals surface area contributed by atoms with Gasteiger partial charge in [-0.25, -0.2) is 5.11 Å². The zero-order valence-electron chi connectivity index (χ0n) is 7.30. The fourth-order valence-corrected chi connectivity index (χ4v) is 1.42. The first kappa shape index (κ1) is 8.97. The van der Waals surface area contributed by atoms with Crippen LogP contribution in [0.1, 0.15) is 13.8 Å². The molecule has 0 aromatic carbocycles. The van der Waals surface area contributed by atoms with Crippen molar-refractivity contribution in [2.45, 2.75) is 19.4 Å². The Kier molecular flexibility index (Phi) is 2.87. The first-order valence-electron chi connectivity index (χ1n) is 4.08. The van der Waals surface area contributed by atoms with Crippen LogP contribution in [0.5, 0.6) is 0 Å². The van der Waals surface area contributed by atoms with Crippen LogP contribution < -0.4 is 0 Å².